The molecule has 1 unspecified atom stereocenters. The average Bonchev–Trinajstić information content (AvgIpc) is 2.81. The van der Waals surface area contributed by atoms with Crippen LogP contribution >= 0.6 is 11.5 Å². The summed E-state index contributed by atoms with van der Waals surface area (Å²) in [7, 11) is 0. The summed E-state index contributed by atoms with van der Waals surface area (Å²) in [4.78, 5) is 1.12. The topological polar surface area (TPSA) is 51.8 Å². The van der Waals surface area contributed by atoms with E-state index in [1.807, 2.05) is 0 Å². The van der Waals surface area contributed by atoms with Gasteiger partial charge in [-0.1, -0.05) is 48.2 Å². The van der Waals surface area contributed by atoms with Crippen molar-refractivity contribution in [2.75, 3.05) is 0 Å². The van der Waals surface area contributed by atoms with E-state index in [-0.39, 0.29) is 6.04 Å². The quantitative estimate of drug-likeness (QED) is 0.919. The molecule has 1 aromatic carbocycles. The molecule has 2 aromatic rings. The molecule has 1 heterocycles. The molecule has 3 nitrogen and oxygen atoms in total. The summed E-state index contributed by atoms with van der Waals surface area (Å²) >= 11 is 1.42. The van der Waals surface area contributed by atoms with Crippen LogP contribution in [0.1, 0.15) is 47.5 Å². The Hall–Kier alpha value is -1.26. The number of benzene rings is 1. The Morgan fingerprint density at radius 1 is 1.22 bits per heavy atom. The first-order chi connectivity index (χ1) is 8.58. The number of hydrogen-bond acceptors (Lipinski definition) is 4. The van der Waals surface area contributed by atoms with Crippen LogP contribution in [0.4, 0.5) is 0 Å². The molecule has 18 heavy (non-hydrogen) atoms. The van der Waals surface area contributed by atoms with Gasteiger partial charge in [-0.2, -0.15) is 0 Å². The standard InChI is InChI=1S/C14H19N3S/c1-9(2)13-14(18-17-16-13)12(15)8-11-6-4-10(3)5-7-11/h4-7,9,12H,8,15H2,1-3H3. The lowest BCUT2D eigenvalue weighted by atomic mass is 10.0. The van der Waals surface area contributed by atoms with Crippen LogP contribution in [0.2, 0.25) is 0 Å². The van der Waals surface area contributed by atoms with E-state index >= 15 is 0 Å². The van der Waals surface area contributed by atoms with Gasteiger partial charge in [-0.15, -0.1) is 5.10 Å². The van der Waals surface area contributed by atoms with E-state index in [1.165, 1.54) is 22.7 Å². The van der Waals surface area contributed by atoms with Crippen molar-refractivity contribution >= 4 is 11.5 Å². The molecule has 0 bridgehead atoms. The second kappa shape index (κ2) is 5.59. The molecule has 1 aromatic heterocycles. The second-order valence-electron chi connectivity index (χ2n) is 4.97. The van der Waals surface area contributed by atoms with Crippen molar-refractivity contribution in [1.29, 1.82) is 0 Å². The molecular weight excluding hydrogens is 242 g/mol. The zero-order chi connectivity index (χ0) is 13.1. The minimum Gasteiger partial charge on any atom is -0.323 e. The molecule has 1 atom stereocenters. The molecule has 0 saturated carbocycles. The normalized spacial score (nSPS) is 12.9. The molecule has 4 heteroatoms. The first-order valence-corrected chi connectivity index (χ1v) is 6.98. The molecule has 0 amide bonds. The highest BCUT2D eigenvalue weighted by Gasteiger charge is 2.18. The number of nitrogens with two attached hydrogens (primary N) is 1. The van der Waals surface area contributed by atoms with Crippen LogP contribution in [-0.2, 0) is 6.42 Å². The van der Waals surface area contributed by atoms with Gasteiger partial charge in [0.25, 0.3) is 0 Å². The molecule has 0 aliphatic heterocycles. The predicted octanol–water partition coefficient (Wildman–Crippen LogP) is 3.21. The van der Waals surface area contributed by atoms with E-state index in [4.69, 9.17) is 5.73 Å². The Morgan fingerprint density at radius 2 is 1.89 bits per heavy atom. The van der Waals surface area contributed by atoms with Crippen molar-refractivity contribution in [3.63, 3.8) is 0 Å². The monoisotopic (exact) mass is 261 g/mol. The van der Waals surface area contributed by atoms with E-state index in [0.29, 0.717) is 5.92 Å². The molecule has 2 N–H and O–H groups in total. The van der Waals surface area contributed by atoms with Crippen LogP contribution in [0.3, 0.4) is 0 Å². The van der Waals surface area contributed by atoms with Crippen LogP contribution in [0.5, 0.6) is 0 Å². The Labute approximate surface area is 112 Å². The highest BCUT2D eigenvalue weighted by Crippen LogP contribution is 2.26. The molecule has 2 rings (SSSR count). The molecule has 0 aliphatic rings. The fourth-order valence-corrected chi connectivity index (χ4v) is 2.74. The SMILES string of the molecule is Cc1ccc(CC(N)c2snnc2C(C)C)cc1. The van der Waals surface area contributed by atoms with Crippen LogP contribution in [0, 0.1) is 6.92 Å². The molecule has 0 radical (unpaired) electrons. The largest absolute Gasteiger partial charge is 0.323 e. The second-order valence-corrected chi connectivity index (χ2v) is 5.76. The maximum atomic E-state index is 6.28. The van der Waals surface area contributed by atoms with Gasteiger partial charge in [0.2, 0.25) is 0 Å². The van der Waals surface area contributed by atoms with Crippen LogP contribution < -0.4 is 5.73 Å². The van der Waals surface area contributed by atoms with Gasteiger partial charge in [0.1, 0.15) is 0 Å². The van der Waals surface area contributed by atoms with E-state index in [9.17, 15) is 0 Å². The van der Waals surface area contributed by atoms with Gasteiger partial charge in [0.15, 0.2) is 0 Å². The minimum absolute atomic E-state index is 0.00916. The van der Waals surface area contributed by atoms with Gasteiger partial charge in [0.05, 0.1) is 10.6 Å². The maximum absolute atomic E-state index is 6.28. The van der Waals surface area contributed by atoms with E-state index in [1.54, 1.807) is 0 Å². The highest BCUT2D eigenvalue weighted by atomic mass is 32.1. The lowest BCUT2D eigenvalue weighted by molar-refractivity contribution is 0.700. The third-order valence-corrected chi connectivity index (χ3v) is 3.87. The van der Waals surface area contributed by atoms with Gasteiger partial charge in [-0.25, -0.2) is 0 Å². The average molecular weight is 261 g/mol. The lowest BCUT2D eigenvalue weighted by Gasteiger charge is -2.12. The van der Waals surface area contributed by atoms with Crippen LogP contribution in [-0.4, -0.2) is 9.59 Å². The molecule has 0 spiro atoms. The Bertz CT molecular complexity index is 502. The van der Waals surface area contributed by atoms with E-state index in [0.717, 1.165) is 17.0 Å². The summed E-state index contributed by atoms with van der Waals surface area (Å²) in [5.74, 6) is 0.378. The van der Waals surface area contributed by atoms with E-state index in [2.05, 4.69) is 54.6 Å². The minimum atomic E-state index is -0.00916. The fraction of sp³-hybridized carbons (Fsp3) is 0.429. The third kappa shape index (κ3) is 2.94. The molecule has 0 aliphatic carbocycles. The van der Waals surface area contributed by atoms with Gasteiger partial charge in [-0.05, 0) is 36.4 Å². The van der Waals surface area contributed by atoms with E-state index < -0.39 is 0 Å². The predicted molar refractivity (Wildman–Crippen MR) is 75.8 cm³/mol. The van der Waals surface area contributed by atoms with Gasteiger partial charge in [0, 0.05) is 6.04 Å². The van der Waals surface area contributed by atoms with Gasteiger partial charge in [-0.3, -0.25) is 0 Å². The zero-order valence-corrected chi connectivity index (χ0v) is 11.9. The Balaban J connectivity index is 2.14. The van der Waals surface area contributed by atoms with Gasteiger partial charge >= 0.3 is 0 Å². The lowest BCUT2D eigenvalue weighted by Crippen LogP contribution is -2.14. The Kier molecular flexibility index (Phi) is 4.09. The van der Waals surface area contributed by atoms with Crippen molar-refractivity contribution in [2.24, 2.45) is 5.73 Å². The summed E-state index contributed by atoms with van der Waals surface area (Å²) < 4.78 is 4.03. The number of rotatable bonds is 4. The summed E-state index contributed by atoms with van der Waals surface area (Å²) in [6.07, 6.45) is 0.837. The highest BCUT2D eigenvalue weighted by molar-refractivity contribution is 7.05. The van der Waals surface area contributed by atoms with Gasteiger partial charge < -0.3 is 5.73 Å². The third-order valence-electron chi connectivity index (χ3n) is 3.00. The summed E-state index contributed by atoms with van der Waals surface area (Å²) in [6.45, 7) is 6.34. The number of hydrogen-bond donors (Lipinski definition) is 1. The van der Waals surface area contributed by atoms with Crippen LogP contribution in [0.15, 0.2) is 24.3 Å². The maximum Gasteiger partial charge on any atom is 0.0829 e. The first kappa shape index (κ1) is 13.2. The summed E-state index contributed by atoms with van der Waals surface area (Å²) in [6, 6.07) is 8.51. The van der Waals surface area contributed by atoms with Crippen molar-refractivity contribution in [3.05, 3.63) is 46.0 Å². The smallest absolute Gasteiger partial charge is 0.0829 e. The van der Waals surface area contributed by atoms with Crippen molar-refractivity contribution in [1.82, 2.24) is 9.59 Å². The molecule has 0 fully saturated rings. The van der Waals surface area contributed by atoms with Crippen molar-refractivity contribution in [3.8, 4) is 0 Å². The van der Waals surface area contributed by atoms with Crippen molar-refractivity contribution < 1.29 is 0 Å². The van der Waals surface area contributed by atoms with Crippen LogP contribution in [0.25, 0.3) is 0 Å². The molecule has 0 saturated heterocycles. The fourth-order valence-electron chi connectivity index (χ4n) is 1.93. The molecule has 96 valence electrons. The molecular formula is C14H19N3S. The number of aromatic nitrogens is 2. The van der Waals surface area contributed by atoms with Crippen molar-refractivity contribution in [2.45, 2.75) is 39.2 Å². The number of nitrogens with zero attached hydrogens (tertiary/aromatic N) is 2. The summed E-state index contributed by atoms with van der Waals surface area (Å²) in [5, 5.41) is 4.18. The zero-order valence-electron chi connectivity index (χ0n) is 11.1. The first-order valence-electron chi connectivity index (χ1n) is 6.21. The summed E-state index contributed by atoms with van der Waals surface area (Å²) in [5.41, 5.74) is 9.85. The Morgan fingerprint density at radius 3 is 2.50 bits per heavy atom. The number of aryl methyl sites for hydroxylation is 1.